The first-order valence-electron chi connectivity index (χ1n) is 6.57. The summed E-state index contributed by atoms with van der Waals surface area (Å²) >= 11 is 1.03. The van der Waals surface area contributed by atoms with E-state index >= 15 is 0 Å². The van der Waals surface area contributed by atoms with E-state index in [0.29, 0.717) is 21.8 Å². The first-order chi connectivity index (χ1) is 10.3. The average molecular weight is 322 g/mol. The monoisotopic (exact) mass is 322 g/mol. The minimum absolute atomic E-state index is 0.161. The summed E-state index contributed by atoms with van der Waals surface area (Å²) in [6.07, 6.45) is 0. The summed E-state index contributed by atoms with van der Waals surface area (Å²) in [6.45, 7) is 4.92. The van der Waals surface area contributed by atoms with Gasteiger partial charge in [-0.05, 0) is 44.5 Å². The van der Waals surface area contributed by atoms with Gasteiger partial charge in [-0.25, -0.2) is 14.2 Å². The third-order valence-electron chi connectivity index (χ3n) is 3.15. The second-order valence-corrected chi connectivity index (χ2v) is 5.96. The summed E-state index contributed by atoms with van der Waals surface area (Å²) in [5, 5.41) is 12.3. The van der Waals surface area contributed by atoms with Gasteiger partial charge in [0.1, 0.15) is 15.7 Å². The number of hydrogen-bond acceptors (Lipinski definition) is 4. The number of carboxylic acids is 1. The molecule has 0 saturated heterocycles. The fourth-order valence-corrected chi connectivity index (χ4v) is 2.84. The molecule has 0 aliphatic rings. The van der Waals surface area contributed by atoms with Crippen LogP contribution >= 0.6 is 11.3 Å². The molecule has 5 nitrogen and oxygen atoms in total. The number of benzene rings is 1. The number of thiazole rings is 1. The fourth-order valence-electron chi connectivity index (χ4n) is 1.93. The quantitative estimate of drug-likeness (QED) is 0.906. The highest BCUT2D eigenvalue weighted by molar-refractivity contribution is 7.13. The van der Waals surface area contributed by atoms with Crippen molar-refractivity contribution in [1.29, 1.82) is 0 Å². The Kier molecular flexibility index (Phi) is 4.56. The summed E-state index contributed by atoms with van der Waals surface area (Å²) in [4.78, 5) is 27.5. The number of hydrogen-bond donors (Lipinski definition) is 2. The van der Waals surface area contributed by atoms with Gasteiger partial charge in [0.2, 0.25) is 0 Å². The van der Waals surface area contributed by atoms with Crippen LogP contribution in [-0.4, -0.2) is 22.0 Å². The van der Waals surface area contributed by atoms with E-state index in [9.17, 15) is 14.0 Å². The van der Waals surface area contributed by atoms with Crippen LogP contribution in [0.4, 0.5) is 4.39 Å². The van der Waals surface area contributed by atoms with Crippen molar-refractivity contribution < 1.29 is 19.1 Å². The highest BCUT2D eigenvalue weighted by Gasteiger charge is 2.19. The van der Waals surface area contributed by atoms with Crippen molar-refractivity contribution >= 4 is 23.2 Å². The molecule has 7 heteroatoms. The van der Waals surface area contributed by atoms with Crippen LogP contribution in [0.2, 0.25) is 0 Å². The molecular formula is C15H15FN2O3S. The number of amides is 1. The fraction of sp³-hybridized carbons (Fsp3) is 0.267. The van der Waals surface area contributed by atoms with Crippen molar-refractivity contribution in [3.8, 4) is 0 Å². The summed E-state index contributed by atoms with van der Waals surface area (Å²) in [5.74, 6) is -1.76. The molecule has 0 saturated carbocycles. The summed E-state index contributed by atoms with van der Waals surface area (Å²) in [6, 6.07) is 3.67. The van der Waals surface area contributed by atoms with Crippen molar-refractivity contribution in [3.05, 3.63) is 50.7 Å². The number of halogens is 1. The third-order valence-corrected chi connectivity index (χ3v) is 4.47. The summed E-state index contributed by atoms with van der Waals surface area (Å²) < 4.78 is 13.2. The van der Waals surface area contributed by atoms with Crippen LogP contribution < -0.4 is 5.32 Å². The van der Waals surface area contributed by atoms with E-state index in [4.69, 9.17) is 5.11 Å². The van der Waals surface area contributed by atoms with Gasteiger partial charge in [-0.1, -0.05) is 0 Å². The Labute approximate surface area is 130 Å². The second kappa shape index (κ2) is 6.23. The molecule has 0 radical (unpaired) electrons. The molecule has 0 fully saturated rings. The van der Waals surface area contributed by atoms with Gasteiger partial charge in [-0.15, -0.1) is 11.3 Å². The highest BCUT2D eigenvalue weighted by Crippen LogP contribution is 2.24. The van der Waals surface area contributed by atoms with Crippen molar-refractivity contribution in [2.75, 3.05) is 0 Å². The number of aryl methyl sites for hydroxylation is 2. The summed E-state index contributed by atoms with van der Waals surface area (Å²) in [7, 11) is 0. The lowest BCUT2D eigenvalue weighted by Gasteiger charge is -2.11. The minimum Gasteiger partial charge on any atom is -0.477 e. The van der Waals surface area contributed by atoms with Crippen LogP contribution in [-0.2, 0) is 0 Å². The molecule has 2 rings (SSSR count). The normalized spacial score (nSPS) is 12.0. The Balaban J connectivity index is 2.15. The Bertz CT molecular complexity index is 742. The smallest absolute Gasteiger partial charge is 0.347 e. The van der Waals surface area contributed by atoms with E-state index in [0.717, 1.165) is 11.3 Å². The molecule has 1 heterocycles. The molecule has 22 heavy (non-hydrogen) atoms. The Morgan fingerprint density at radius 3 is 2.59 bits per heavy atom. The van der Waals surface area contributed by atoms with E-state index in [1.54, 1.807) is 20.8 Å². The molecule has 1 aromatic carbocycles. The predicted octanol–water partition coefficient (Wildman–Crippen LogP) is 3.09. The van der Waals surface area contributed by atoms with Gasteiger partial charge in [0.15, 0.2) is 0 Å². The van der Waals surface area contributed by atoms with Gasteiger partial charge in [0.25, 0.3) is 5.91 Å². The number of carbonyl (C=O) groups is 2. The zero-order valence-electron chi connectivity index (χ0n) is 12.3. The maximum absolute atomic E-state index is 13.2. The number of nitrogens with one attached hydrogen (secondary N) is 1. The maximum Gasteiger partial charge on any atom is 0.347 e. The molecular weight excluding hydrogens is 307 g/mol. The second-order valence-electron chi connectivity index (χ2n) is 4.93. The number of nitrogens with zero attached hydrogens (tertiary/aromatic N) is 1. The molecule has 0 unspecified atom stereocenters. The number of carbonyl (C=O) groups excluding carboxylic acids is 1. The van der Waals surface area contributed by atoms with Crippen molar-refractivity contribution in [1.82, 2.24) is 10.3 Å². The predicted molar refractivity (Wildman–Crippen MR) is 80.8 cm³/mol. The summed E-state index contributed by atoms with van der Waals surface area (Å²) in [5.41, 5.74) is 1.15. The van der Waals surface area contributed by atoms with Gasteiger partial charge in [0, 0.05) is 5.56 Å². The molecule has 0 spiro atoms. The van der Waals surface area contributed by atoms with Crippen LogP contribution in [0.3, 0.4) is 0 Å². The van der Waals surface area contributed by atoms with Crippen LogP contribution in [0.1, 0.15) is 49.3 Å². The SMILES string of the molecule is Cc1cc(C(=O)N[C@@H](C)c2nc(C)c(C(=O)O)s2)ccc1F. The number of rotatable bonds is 4. The highest BCUT2D eigenvalue weighted by atomic mass is 32.1. The zero-order chi connectivity index (χ0) is 16.4. The first-order valence-corrected chi connectivity index (χ1v) is 7.39. The molecule has 1 amide bonds. The molecule has 0 aliphatic heterocycles. The van der Waals surface area contributed by atoms with Gasteiger partial charge >= 0.3 is 5.97 Å². The van der Waals surface area contributed by atoms with E-state index in [1.807, 2.05) is 0 Å². The average Bonchev–Trinajstić information content (AvgIpc) is 2.84. The van der Waals surface area contributed by atoms with Gasteiger partial charge in [-0.2, -0.15) is 0 Å². The lowest BCUT2D eigenvalue weighted by molar-refractivity contribution is 0.0701. The lowest BCUT2D eigenvalue weighted by atomic mass is 10.1. The van der Waals surface area contributed by atoms with Crippen LogP contribution in [0.15, 0.2) is 18.2 Å². The van der Waals surface area contributed by atoms with E-state index in [2.05, 4.69) is 10.3 Å². The largest absolute Gasteiger partial charge is 0.477 e. The van der Waals surface area contributed by atoms with Crippen molar-refractivity contribution in [2.45, 2.75) is 26.8 Å². The van der Waals surface area contributed by atoms with Gasteiger partial charge in [-0.3, -0.25) is 4.79 Å². The van der Waals surface area contributed by atoms with E-state index in [1.165, 1.54) is 18.2 Å². The Hall–Kier alpha value is -2.28. The molecule has 2 aromatic rings. The van der Waals surface area contributed by atoms with Gasteiger partial charge < -0.3 is 10.4 Å². The molecule has 1 aromatic heterocycles. The molecule has 116 valence electrons. The third kappa shape index (κ3) is 3.30. The topological polar surface area (TPSA) is 79.3 Å². The molecule has 1 atom stereocenters. The van der Waals surface area contributed by atoms with Crippen LogP contribution in [0.25, 0.3) is 0 Å². The van der Waals surface area contributed by atoms with Crippen LogP contribution in [0.5, 0.6) is 0 Å². The standard InChI is InChI=1S/C15H15FN2O3S/c1-7-6-10(4-5-11(7)16)13(19)17-9(3)14-18-8(2)12(22-14)15(20)21/h4-6,9H,1-3H3,(H,17,19)(H,20,21)/t9-/m0/s1. The van der Waals surface area contributed by atoms with E-state index < -0.39 is 12.0 Å². The molecule has 0 bridgehead atoms. The number of carboxylic acid groups (broad SMARTS) is 1. The molecule has 0 aliphatic carbocycles. The minimum atomic E-state index is -1.03. The zero-order valence-corrected chi connectivity index (χ0v) is 13.1. The Morgan fingerprint density at radius 2 is 2.05 bits per heavy atom. The van der Waals surface area contributed by atoms with E-state index in [-0.39, 0.29) is 16.6 Å². The molecule has 2 N–H and O–H groups in total. The van der Waals surface area contributed by atoms with Crippen molar-refractivity contribution in [3.63, 3.8) is 0 Å². The maximum atomic E-state index is 13.2. The van der Waals surface area contributed by atoms with Gasteiger partial charge in [0.05, 0.1) is 11.7 Å². The first kappa shape index (κ1) is 16.1. The lowest BCUT2D eigenvalue weighted by Crippen LogP contribution is -2.26. The number of aromatic carboxylic acids is 1. The number of aromatic nitrogens is 1. The van der Waals surface area contributed by atoms with Crippen LogP contribution in [0, 0.1) is 19.7 Å². The Morgan fingerprint density at radius 1 is 1.36 bits per heavy atom. The van der Waals surface area contributed by atoms with Crippen molar-refractivity contribution in [2.24, 2.45) is 0 Å².